The summed E-state index contributed by atoms with van der Waals surface area (Å²) in [7, 11) is 0. The van der Waals surface area contributed by atoms with E-state index in [0.717, 1.165) is 11.6 Å². The number of carbonyl (C=O) groups excluding carboxylic acids is 2. The molecule has 0 unspecified atom stereocenters. The summed E-state index contributed by atoms with van der Waals surface area (Å²) in [5.41, 5.74) is 1.84. The molecule has 20 heavy (non-hydrogen) atoms. The first-order valence-corrected chi connectivity index (χ1v) is 6.46. The zero-order valence-electron chi connectivity index (χ0n) is 11.9. The fraction of sp³-hybridized carbons (Fsp3) is 0.333. The predicted octanol–water partition coefficient (Wildman–Crippen LogP) is 2.42. The highest BCUT2D eigenvalue weighted by molar-refractivity contribution is 5.98. The second kappa shape index (κ2) is 7.99. The summed E-state index contributed by atoms with van der Waals surface area (Å²) in [6, 6.07) is 7.42. The molecule has 108 valence electrons. The number of rotatable bonds is 6. The Kier molecular flexibility index (Phi) is 6.29. The van der Waals surface area contributed by atoms with E-state index in [1.165, 1.54) is 0 Å². The minimum Gasteiger partial charge on any atom is -0.463 e. The van der Waals surface area contributed by atoms with Crippen molar-refractivity contribution in [3.05, 3.63) is 41.6 Å². The van der Waals surface area contributed by atoms with Crippen molar-refractivity contribution in [1.82, 2.24) is 0 Å². The number of anilines is 1. The second-order valence-electron chi connectivity index (χ2n) is 4.02. The molecule has 0 saturated carbocycles. The smallest absolute Gasteiger partial charge is 0.355 e. The van der Waals surface area contributed by atoms with E-state index in [-0.39, 0.29) is 18.9 Å². The largest absolute Gasteiger partial charge is 0.463 e. The summed E-state index contributed by atoms with van der Waals surface area (Å²) < 4.78 is 9.70. The average Bonchev–Trinajstić information content (AvgIpc) is 2.41. The summed E-state index contributed by atoms with van der Waals surface area (Å²) in [5.74, 6) is -1.18. The Labute approximate surface area is 118 Å². The highest BCUT2D eigenvalue weighted by Gasteiger charge is 2.13. The predicted molar refractivity (Wildman–Crippen MR) is 76.2 cm³/mol. The normalized spacial score (nSPS) is 10.8. The van der Waals surface area contributed by atoms with Gasteiger partial charge in [0.05, 0.1) is 19.3 Å². The highest BCUT2D eigenvalue weighted by Crippen LogP contribution is 2.12. The maximum Gasteiger partial charge on any atom is 0.355 e. The third kappa shape index (κ3) is 5.14. The maximum absolute atomic E-state index is 11.8. The Morgan fingerprint density at radius 2 is 1.70 bits per heavy atom. The zero-order valence-corrected chi connectivity index (χ0v) is 11.9. The number of carbonyl (C=O) groups is 2. The number of ether oxygens (including phenoxy) is 2. The van der Waals surface area contributed by atoms with E-state index in [9.17, 15) is 9.59 Å². The third-order valence-corrected chi connectivity index (χ3v) is 2.37. The van der Waals surface area contributed by atoms with Crippen LogP contribution in [-0.2, 0) is 19.1 Å². The van der Waals surface area contributed by atoms with E-state index in [4.69, 9.17) is 9.47 Å². The number of benzene rings is 1. The Balaban J connectivity index is 2.89. The number of esters is 2. The number of nitrogens with one attached hydrogen (secondary N) is 1. The lowest BCUT2D eigenvalue weighted by Crippen LogP contribution is -2.17. The number of hydrogen-bond acceptors (Lipinski definition) is 5. The van der Waals surface area contributed by atoms with Crippen molar-refractivity contribution >= 4 is 17.6 Å². The van der Waals surface area contributed by atoms with Gasteiger partial charge in [-0.05, 0) is 32.9 Å². The molecule has 5 heteroatoms. The van der Waals surface area contributed by atoms with E-state index in [1.807, 2.05) is 31.2 Å². The van der Waals surface area contributed by atoms with E-state index >= 15 is 0 Å². The number of hydrogen-bond donors (Lipinski definition) is 1. The lowest BCUT2D eigenvalue weighted by atomic mass is 10.2. The van der Waals surface area contributed by atoms with E-state index in [2.05, 4.69) is 5.32 Å². The molecule has 0 aliphatic rings. The van der Waals surface area contributed by atoms with E-state index in [1.54, 1.807) is 13.8 Å². The molecule has 0 amide bonds. The van der Waals surface area contributed by atoms with Gasteiger partial charge >= 0.3 is 11.9 Å². The third-order valence-electron chi connectivity index (χ3n) is 2.37. The molecule has 0 heterocycles. The Morgan fingerprint density at radius 1 is 1.10 bits per heavy atom. The quantitative estimate of drug-likeness (QED) is 0.639. The van der Waals surface area contributed by atoms with Gasteiger partial charge in [-0.2, -0.15) is 0 Å². The van der Waals surface area contributed by atoms with Crippen molar-refractivity contribution in [1.29, 1.82) is 0 Å². The minimum atomic E-state index is -0.596. The summed E-state index contributed by atoms with van der Waals surface area (Å²) in [6.45, 7) is 5.84. The molecule has 1 aromatic rings. The van der Waals surface area contributed by atoms with Crippen molar-refractivity contribution in [3.8, 4) is 0 Å². The molecular formula is C15H19NO4. The Morgan fingerprint density at radius 3 is 2.25 bits per heavy atom. The summed E-state index contributed by atoms with van der Waals surface area (Å²) in [4.78, 5) is 23.3. The van der Waals surface area contributed by atoms with Crippen LogP contribution in [0.5, 0.6) is 0 Å². The topological polar surface area (TPSA) is 64.6 Å². The van der Waals surface area contributed by atoms with Crippen LogP contribution in [0.1, 0.15) is 19.4 Å². The fourth-order valence-corrected chi connectivity index (χ4v) is 1.45. The van der Waals surface area contributed by atoms with Crippen LogP contribution in [0.2, 0.25) is 0 Å². The first kappa shape index (κ1) is 15.8. The van der Waals surface area contributed by atoms with Crippen molar-refractivity contribution in [2.75, 3.05) is 18.5 Å². The van der Waals surface area contributed by atoms with Gasteiger partial charge in [-0.3, -0.25) is 0 Å². The van der Waals surface area contributed by atoms with Crippen LogP contribution in [0.4, 0.5) is 5.69 Å². The summed E-state index contributed by atoms with van der Waals surface area (Å²) in [6.07, 6.45) is 1.10. The monoisotopic (exact) mass is 277 g/mol. The molecule has 0 aliphatic carbocycles. The van der Waals surface area contributed by atoms with Crippen LogP contribution in [-0.4, -0.2) is 25.2 Å². The molecular weight excluding hydrogens is 258 g/mol. The molecule has 0 atom stereocenters. The van der Waals surface area contributed by atoms with Gasteiger partial charge in [0, 0.05) is 5.69 Å². The Bertz CT molecular complexity index is 491. The molecule has 1 aromatic carbocycles. The van der Waals surface area contributed by atoms with Gasteiger partial charge in [-0.15, -0.1) is 0 Å². The van der Waals surface area contributed by atoms with Crippen molar-refractivity contribution in [2.45, 2.75) is 20.8 Å². The van der Waals surface area contributed by atoms with Gasteiger partial charge in [0.25, 0.3) is 0 Å². The molecule has 0 bridgehead atoms. The van der Waals surface area contributed by atoms with Crippen LogP contribution < -0.4 is 5.32 Å². The second-order valence-corrected chi connectivity index (χ2v) is 4.02. The fourth-order valence-electron chi connectivity index (χ4n) is 1.45. The van der Waals surface area contributed by atoms with Crippen LogP contribution in [0.25, 0.3) is 0 Å². The molecule has 0 radical (unpaired) electrons. The SMILES string of the molecule is CCOC(=O)C=C(Nc1ccc(C)cc1)C(=O)OCC. The van der Waals surface area contributed by atoms with Crippen molar-refractivity contribution in [2.24, 2.45) is 0 Å². The Hall–Kier alpha value is -2.30. The minimum absolute atomic E-state index is 0.0501. The maximum atomic E-state index is 11.8. The first-order valence-electron chi connectivity index (χ1n) is 6.46. The molecule has 5 nitrogen and oxygen atoms in total. The average molecular weight is 277 g/mol. The first-order chi connectivity index (χ1) is 9.56. The molecule has 1 rings (SSSR count). The van der Waals surface area contributed by atoms with Crippen LogP contribution in [0.3, 0.4) is 0 Å². The number of aryl methyl sites for hydroxylation is 1. The molecule has 0 spiro atoms. The highest BCUT2D eigenvalue weighted by atomic mass is 16.5. The van der Waals surface area contributed by atoms with Gasteiger partial charge in [0.1, 0.15) is 5.70 Å². The summed E-state index contributed by atoms with van der Waals surface area (Å²) in [5, 5.41) is 2.87. The molecule has 0 aliphatic heterocycles. The van der Waals surface area contributed by atoms with Gasteiger partial charge in [0.15, 0.2) is 0 Å². The lowest BCUT2D eigenvalue weighted by Gasteiger charge is -2.10. The standard InChI is InChI=1S/C15H19NO4/c1-4-19-14(17)10-13(15(18)20-5-2)16-12-8-6-11(3)7-9-12/h6-10,16H,4-5H2,1-3H3. The van der Waals surface area contributed by atoms with Gasteiger partial charge in [-0.1, -0.05) is 17.7 Å². The molecule has 0 fully saturated rings. The van der Waals surface area contributed by atoms with Gasteiger partial charge < -0.3 is 14.8 Å². The van der Waals surface area contributed by atoms with E-state index < -0.39 is 11.9 Å². The molecule has 0 aromatic heterocycles. The van der Waals surface area contributed by atoms with Gasteiger partial charge in [0.2, 0.25) is 0 Å². The van der Waals surface area contributed by atoms with Crippen molar-refractivity contribution in [3.63, 3.8) is 0 Å². The van der Waals surface area contributed by atoms with Crippen LogP contribution in [0.15, 0.2) is 36.0 Å². The lowest BCUT2D eigenvalue weighted by molar-refractivity contribution is -0.140. The summed E-state index contributed by atoms with van der Waals surface area (Å²) >= 11 is 0. The molecule has 1 N–H and O–H groups in total. The van der Waals surface area contributed by atoms with Gasteiger partial charge in [-0.25, -0.2) is 9.59 Å². The van der Waals surface area contributed by atoms with Crippen LogP contribution >= 0.6 is 0 Å². The van der Waals surface area contributed by atoms with Crippen LogP contribution in [0, 0.1) is 6.92 Å². The van der Waals surface area contributed by atoms with Crippen molar-refractivity contribution < 1.29 is 19.1 Å². The zero-order chi connectivity index (χ0) is 15.0. The van der Waals surface area contributed by atoms with E-state index in [0.29, 0.717) is 5.69 Å². The molecule has 0 saturated heterocycles.